The Hall–Kier alpha value is -2.52. The van der Waals surface area contributed by atoms with Gasteiger partial charge in [0.05, 0.1) is 10.8 Å². The lowest BCUT2D eigenvalue weighted by Gasteiger charge is -2.26. The maximum absolute atomic E-state index is 13.3. The van der Waals surface area contributed by atoms with Crippen molar-refractivity contribution in [3.8, 4) is 11.5 Å². The first-order valence-electron chi connectivity index (χ1n) is 11.0. The number of nitrogens with zero attached hydrogens (tertiary/aromatic N) is 2. The number of carbonyl (C=O) groups excluding carboxylic acids is 1. The third-order valence-corrected chi connectivity index (χ3v) is 8.19. The molecule has 1 aromatic carbocycles. The number of thiophene rings is 1. The Morgan fingerprint density at radius 1 is 1.25 bits per heavy atom. The zero-order valence-corrected chi connectivity index (χ0v) is 19.5. The highest BCUT2D eigenvalue weighted by Crippen LogP contribution is 2.36. The van der Waals surface area contributed by atoms with Crippen LogP contribution >= 0.6 is 23.1 Å². The summed E-state index contributed by atoms with van der Waals surface area (Å²) in [5.41, 5.74) is 1.38. The molecular weight excluding hydrogens is 446 g/mol. The van der Waals surface area contributed by atoms with Crippen LogP contribution in [0.5, 0.6) is 11.5 Å². The van der Waals surface area contributed by atoms with Crippen LogP contribution in [-0.4, -0.2) is 27.5 Å². The van der Waals surface area contributed by atoms with E-state index >= 15 is 0 Å². The third-order valence-electron chi connectivity index (χ3n) is 5.97. The Labute approximate surface area is 194 Å². The Balaban J connectivity index is 1.42. The first-order chi connectivity index (χ1) is 15.6. The molecule has 9 heteroatoms. The van der Waals surface area contributed by atoms with Crippen molar-refractivity contribution in [1.82, 2.24) is 9.55 Å². The van der Waals surface area contributed by atoms with E-state index in [1.807, 2.05) is 22.9 Å². The lowest BCUT2D eigenvalue weighted by Crippen LogP contribution is -2.30. The van der Waals surface area contributed by atoms with Gasteiger partial charge >= 0.3 is 0 Å². The first kappa shape index (κ1) is 21.3. The van der Waals surface area contributed by atoms with Crippen molar-refractivity contribution in [3.05, 3.63) is 40.0 Å². The summed E-state index contributed by atoms with van der Waals surface area (Å²) in [6.45, 7) is 2.17. The molecule has 1 saturated carbocycles. The van der Waals surface area contributed by atoms with E-state index in [0.29, 0.717) is 39.0 Å². The van der Waals surface area contributed by atoms with Crippen LogP contribution in [0.25, 0.3) is 10.2 Å². The second kappa shape index (κ2) is 9.15. The number of benzene rings is 1. The van der Waals surface area contributed by atoms with Crippen LogP contribution in [-0.2, 0) is 4.79 Å². The van der Waals surface area contributed by atoms with Gasteiger partial charge in [-0.25, -0.2) is 4.98 Å². The minimum atomic E-state index is -0.377. The van der Waals surface area contributed by atoms with Crippen molar-refractivity contribution in [2.45, 2.75) is 61.9 Å². The Bertz CT molecular complexity index is 1200. The van der Waals surface area contributed by atoms with E-state index in [2.05, 4.69) is 5.32 Å². The number of nitrogens with one attached hydrogen (secondary N) is 1. The van der Waals surface area contributed by atoms with Crippen LogP contribution in [0, 0.1) is 0 Å². The van der Waals surface area contributed by atoms with Gasteiger partial charge < -0.3 is 14.8 Å². The predicted molar refractivity (Wildman–Crippen MR) is 127 cm³/mol. The summed E-state index contributed by atoms with van der Waals surface area (Å²) in [5, 5.41) is 5.15. The van der Waals surface area contributed by atoms with Gasteiger partial charge in [-0.3, -0.25) is 14.2 Å². The highest BCUT2D eigenvalue weighted by atomic mass is 32.2. The standard InChI is InChI=1S/C23H25N3O4S2/c1-2-19(21(27)24-14-8-9-17-18(12-14)30-13-29-17)32-23-25-16-10-11-31-20(16)22(28)26(23)15-6-4-3-5-7-15/h8-12,15,19H,2-7,13H2,1H3,(H,24,27)/t19-/m0/s1. The molecule has 2 aliphatic rings. The molecule has 168 valence electrons. The molecule has 0 saturated heterocycles. The fourth-order valence-electron chi connectivity index (χ4n) is 4.29. The molecule has 0 bridgehead atoms. The van der Waals surface area contributed by atoms with Crippen molar-refractivity contribution in [2.24, 2.45) is 0 Å². The van der Waals surface area contributed by atoms with Gasteiger partial charge in [0.25, 0.3) is 5.56 Å². The Morgan fingerprint density at radius 2 is 2.06 bits per heavy atom. The van der Waals surface area contributed by atoms with Crippen LogP contribution < -0.4 is 20.3 Å². The second-order valence-corrected chi connectivity index (χ2v) is 10.2. The van der Waals surface area contributed by atoms with E-state index < -0.39 is 0 Å². The summed E-state index contributed by atoms with van der Waals surface area (Å²) in [4.78, 5) is 31.3. The number of anilines is 1. The number of thioether (sulfide) groups is 1. The summed E-state index contributed by atoms with van der Waals surface area (Å²) in [6.07, 6.45) is 6.01. The second-order valence-electron chi connectivity index (χ2n) is 8.07. The Morgan fingerprint density at radius 3 is 2.88 bits per heavy atom. The van der Waals surface area contributed by atoms with E-state index in [4.69, 9.17) is 14.5 Å². The van der Waals surface area contributed by atoms with E-state index in [-0.39, 0.29) is 29.6 Å². The van der Waals surface area contributed by atoms with Gasteiger partial charge in [0.2, 0.25) is 12.7 Å². The number of rotatable bonds is 6. The highest BCUT2D eigenvalue weighted by Gasteiger charge is 2.27. The number of ether oxygens (including phenoxy) is 2. The van der Waals surface area contributed by atoms with Crippen molar-refractivity contribution >= 4 is 44.9 Å². The molecule has 0 spiro atoms. The quantitative estimate of drug-likeness (QED) is 0.393. The molecule has 0 radical (unpaired) electrons. The lowest BCUT2D eigenvalue weighted by atomic mass is 9.95. The predicted octanol–water partition coefficient (Wildman–Crippen LogP) is 5.20. The minimum absolute atomic E-state index is 0.0189. The summed E-state index contributed by atoms with van der Waals surface area (Å²) in [7, 11) is 0. The number of carbonyl (C=O) groups is 1. The molecule has 7 nitrogen and oxygen atoms in total. The monoisotopic (exact) mass is 471 g/mol. The molecule has 1 fully saturated rings. The first-order valence-corrected chi connectivity index (χ1v) is 12.8. The van der Waals surface area contributed by atoms with Crippen molar-refractivity contribution in [3.63, 3.8) is 0 Å². The van der Waals surface area contributed by atoms with Crippen LogP contribution in [0.3, 0.4) is 0 Å². The van der Waals surface area contributed by atoms with Gasteiger partial charge in [-0.1, -0.05) is 37.9 Å². The molecule has 1 aliphatic heterocycles. The smallest absolute Gasteiger partial charge is 0.272 e. The lowest BCUT2D eigenvalue weighted by molar-refractivity contribution is -0.115. The molecule has 2 aromatic heterocycles. The van der Waals surface area contributed by atoms with Crippen molar-refractivity contribution in [1.29, 1.82) is 0 Å². The molecule has 1 atom stereocenters. The van der Waals surface area contributed by atoms with Crippen molar-refractivity contribution < 1.29 is 14.3 Å². The molecule has 3 aromatic rings. The van der Waals surface area contributed by atoms with Crippen LogP contribution in [0.2, 0.25) is 0 Å². The maximum atomic E-state index is 13.3. The van der Waals surface area contributed by atoms with Crippen molar-refractivity contribution in [2.75, 3.05) is 12.1 Å². The Kier molecular flexibility index (Phi) is 6.10. The number of fused-ring (bicyclic) bond motifs is 2. The summed E-state index contributed by atoms with van der Waals surface area (Å²) in [5.74, 6) is 1.18. The van der Waals surface area contributed by atoms with Gasteiger partial charge in [0.1, 0.15) is 4.70 Å². The normalized spacial score (nSPS) is 16.9. The molecule has 0 unspecified atom stereocenters. The van der Waals surface area contributed by atoms with Gasteiger partial charge in [-0.05, 0) is 42.8 Å². The number of amides is 1. The summed E-state index contributed by atoms with van der Waals surface area (Å²) in [6, 6.07) is 7.39. The van der Waals surface area contributed by atoms with Gasteiger partial charge in [0, 0.05) is 17.8 Å². The molecule has 1 aliphatic carbocycles. The van der Waals surface area contributed by atoms with E-state index in [9.17, 15) is 9.59 Å². The fraction of sp³-hybridized carbons (Fsp3) is 0.435. The average molecular weight is 472 g/mol. The van der Waals surface area contributed by atoms with Crippen LogP contribution in [0.15, 0.2) is 39.6 Å². The van der Waals surface area contributed by atoms with Gasteiger partial charge in [0.15, 0.2) is 16.7 Å². The summed E-state index contributed by atoms with van der Waals surface area (Å²) < 4.78 is 13.3. The number of aromatic nitrogens is 2. The molecule has 1 amide bonds. The zero-order valence-electron chi connectivity index (χ0n) is 17.8. The van der Waals surface area contributed by atoms with E-state index in [1.54, 1.807) is 18.2 Å². The molecule has 1 N–H and O–H groups in total. The van der Waals surface area contributed by atoms with Crippen LogP contribution in [0.1, 0.15) is 51.5 Å². The number of hydrogen-bond acceptors (Lipinski definition) is 7. The zero-order chi connectivity index (χ0) is 22.1. The highest BCUT2D eigenvalue weighted by molar-refractivity contribution is 8.00. The van der Waals surface area contributed by atoms with E-state index in [1.165, 1.54) is 29.5 Å². The topological polar surface area (TPSA) is 82.5 Å². The average Bonchev–Trinajstić information content (AvgIpc) is 3.47. The van der Waals surface area contributed by atoms with Crippen LogP contribution in [0.4, 0.5) is 5.69 Å². The maximum Gasteiger partial charge on any atom is 0.272 e. The molecule has 5 rings (SSSR count). The minimum Gasteiger partial charge on any atom is -0.454 e. The summed E-state index contributed by atoms with van der Waals surface area (Å²) >= 11 is 2.82. The molecule has 3 heterocycles. The third kappa shape index (κ3) is 4.11. The molecule has 32 heavy (non-hydrogen) atoms. The SMILES string of the molecule is CC[C@H](Sc1nc2ccsc2c(=O)n1C1CCCCC1)C(=O)Nc1ccc2c(c1)OCO2. The van der Waals surface area contributed by atoms with Gasteiger partial charge in [-0.2, -0.15) is 0 Å². The fourth-order valence-corrected chi connectivity index (χ4v) is 6.15. The largest absolute Gasteiger partial charge is 0.454 e. The van der Waals surface area contributed by atoms with E-state index in [0.717, 1.165) is 25.7 Å². The van der Waals surface area contributed by atoms with Gasteiger partial charge in [-0.15, -0.1) is 11.3 Å². The molecular formula is C23H25N3O4S2. The number of hydrogen-bond donors (Lipinski definition) is 1.